The van der Waals surface area contributed by atoms with E-state index >= 15 is 0 Å². The number of hydrogen-bond donors (Lipinski definition) is 1. The van der Waals surface area contributed by atoms with E-state index in [2.05, 4.69) is 22.3 Å². The molecule has 0 bridgehead atoms. The Morgan fingerprint density at radius 3 is 2.40 bits per heavy atom. The molecule has 0 saturated carbocycles. The number of benzene rings is 1. The summed E-state index contributed by atoms with van der Waals surface area (Å²) in [6, 6.07) is 8.95. The van der Waals surface area contributed by atoms with Crippen molar-refractivity contribution < 1.29 is 4.74 Å². The summed E-state index contributed by atoms with van der Waals surface area (Å²) in [5.74, 6) is 0.697. The average Bonchev–Trinajstić information content (AvgIpc) is 2.52. The van der Waals surface area contributed by atoms with Crippen LogP contribution < -0.4 is 5.32 Å². The van der Waals surface area contributed by atoms with E-state index in [-0.39, 0.29) is 0 Å². The van der Waals surface area contributed by atoms with Crippen LogP contribution in [0.1, 0.15) is 24.4 Å². The summed E-state index contributed by atoms with van der Waals surface area (Å²) < 4.78 is 5.54. The van der Waals surface area contributed by atoms with Crippen LogP contribution in [0, 0.1) is 5.92 Å². The molecule has 110 valence electrons. The van der Waals surface area contributed by atoms with E-state index in [4.69, 9.17) is 16.3 Å². The van der Waals surface area contributed by atoms with Crippen LogP contribution in [0.15, 0.2) is 24.3 Å². The van der Waals surface area contributed by atoms with Gasteiger partial charge in [0.15, 0.2) is 0 Å². The molecule has 3 nitrogen and oxygen atoms in total. The second-order valence-corrected chi connectivity index (χ2v) is 6.17. The highest BCUT2D eigenvalue weighted by molar-refractivity contribution is 6.30. The van der Waals surface area contributed by atoms with Crippen molar-refractivity contribution in [2.45, 2.75) is 18.9 Å². The third kappa shape index (κ3) is 3.34. The Balaban J connectivity index is 1.83. The van der Waals surface area contributed by atoms with Crippen molar-refractivity contribution in [2.75, 3.05) is 39.4 Å². The van der Waals surface area contributed by atoms with Gasteiger partial charge in [-0.05, 0) is 36.5 Å². The van der Waals surface area contributed by atoms with Gasteiger partial charge in [0, 0.05) is 50.5 Å². The van der Waals surface area contributed by atoms with E-state index in [9.17, 15) is 0 Å². The summed E-state index contributed by atoms with van der Waals surface area (Å²) in [4.78, 5) is 2.63. The van der Waals surface area contributed by atoms with E-state index < -0.39 is 0 Å². The van der Waals surface area contributed by atoms with Gasteiger partial charge in [0.25, 0.3) is 0 Å². The molecule has 2 aliphatic rings. The maximum absolute atomic E-state index is 6.04. The number of rotatable bonds is 3. The molecule has 2 saturated heterocycles. The van der Waals surface area contributed by atoms with E-state index in [1.54, 1.807) is 0 Å². The van der Waals surface area contributed by atoms with Crippen molar-refractivity contribution >= 4 is 11.6 Å². The Labute approximate surface area is 126 Å². The molecule has 1 atom stereocenters. The third-order valence-electron chi connectivity index (χ3n) is 4.47. The molecule has 0 aliphatic carbocycles. The predicted molar refractivity (Wildman–Crippen MR) is 82.2 cm³/mol. The number of ether oxygens (including phenoxy) is 1. The molecule has 0 spiro atoms. The molecule has 4 heteroatoms. The number of hydrogen-bond acceptors (Lipinski definition) is 3. The molecule has 2 heterocycles. The number of halogens is 1. The molecule has 3 rings (SSSR count). The first-order valence-corrected chi connectivity index (χ1v) is 8.00. The lowest BCUT2D eigenvalue weighted by atomic mass is 9.85. The van der Waals surface area contributed by atoms with E-state index in [1.807, 2.05) is 12.1 Å². The molecule has 2 aliphatic heterocycles. The molecule has 1 N–H and O–H groups in total. The summed E-state index contributed by atoms with van der Waals surface area (Å²) in [7, 11) is 0. The minimum Gasteiger partial charge on any atom is -0.381 e. The zero-order chi connectivity index (χ0) is 13.8. The minimum atomic E-state index is 0.512. The fraction of sp³-hybridized carbons (Fsp3) is 0.625. The highest BCUT2D eigenvalue weighted by atomic mass is 35.5. The molecular weight excluding hydrogens is 272 g/mol. The summed E-state index contributed by atoms with van der Waals surface area (Å²) in [5, 5.41) is 4.26. The second kappa shape index (κ2) is 6.90. The quantitative estimate of drug-likeness (QED) is 0.928. The lowest BCUT2D eigenvalue weighted by Gasteiger charge is -2.41. The largest absolute Gasteiger partial charge is 0.381 e. The first-order chi connectivity index (χ1) is 9.84. The topological polar surface area (TPSA) is 24.5 Å². The Hall–Kier alpha value is -0.610. The van der Waals surface area contributed by atoms with Crippen LogP contribution >= 0.6 is 11.6 Å². The number of nitrogens with zero attached hydrogens (tertiary/aromatic N) is 1. The third-order valence-corrected chi connectivity index (χ3v) is 4.72. The molecule has 0 unspecified atom stereocenters. The summed E-state index contributed by atoms with van der Waals surface area (Å²) in [6.45, 7) is 6.25. The summed E-state index contributed by atoms with van der Waals surface area (Å²) >= 11 is 6.04. The van der Waals surface area contributed by atoms with Gasteiger partial charge in [-0.25, -0.2) is 0 Å². The van der Waals surface area contributed by atoms with E-state index in [0.717, 1.165) is 57.3 Å². The molecule has 0 amide bonds. The fourth-order valence-electron chi connectivity index (χ4n) is 3.43. The Morgan fingerprint density at radius 2 is 1.75 bits per heavy atom. The van der Waals surface area contributed by atoms with Crippen LogP contribution in [0.4, 0.5) is 0 Å². The van der Waals surface area contributed by atoms with Crippen molar-refractivity contribution in [3.8, 4) is 0 Å². The zero-order valence-electron chi connectivity index (χ0n) is 11.9. The zero-order valence-corrected chi connectivity index (χ0v) is 12.6. The minimum absolute atomic E-state index is 0.512. The Bertz CT molecular complexity index is 393. The van der Waals surface area contributed by atoms with Crippen molar-refractivity contribution in [3.63, 3.8) is 0 Å². The smallest absolute Gasteiger partial charge is 0.0469 e. The van der Waals surface area contributed by atoms with Crippen molar-refractivity contribution in [1.82, 2.24) is 10.2 Å². The maximum atomic E-state index is 6.04. The van der Waals surface area contributed by atoms with Gasteiger partial charge >= 0.3 is 0 Å². The lowest BCUT2D eigenvalue weighted by molar-refractivity contribution is 0.0213. The monoisotopic (exact) mass is 294 g/mol. The van der Waals surface area contributed by atoms with Crippen molar-refractivity contribution in [3.05, 3.63) is 34.9 Å². The van der Waals surface area contributed by atoms with Crippen LogP contribution in [-0.2, 0) is 4.74 Å². The van der Waals surface area contributed by atoms with Gasteiger partial charge in [-0.2, -0.15) is 0 Å². The van der Waals surface area contributed by atoms with E-state index in [1.165, 1.54) is 5.56 Å². The van der Waals surface area contributed by atoms with Gasteiger partial charge in [-0.1, -0.05) is 23.7 Å². The van der Waals surface area contributed by atoms with Gasteiger partial charge in [-0.3, -0.25) is 4.90 Å². The Morgan fingerprint density at radius 1 is 1.10 bits per heavy atom. The number of piperazine rings is 1. The van der Waals surface area contributed by atoms with Gasteiger partial charge in [-0.15, -0.1) is 0 Å². The molecule has 0 aromatic heterocycles. The molecular formula is C16H23ClN2O. The molecule has 1 aromatic carbocycles. The van der Waals surface area contributed by atoms with Crippen LogP contribution in [0.3, 0.4) is 0 Å². The number of nitrogens with one attached hydrogen (secondary N) is 1. The van der Waals surface area contributed by atoms with Crippen LogP contribution in [-0.4, -0.2) is 44.3 Å². The first kappa shape index (κ1) is 14.3. The molecule has 20 heavy (non-hydrogen) atoms. The van der Waals surface area contributed by atoms with Gasteiger partial charge in [0.2, 0.25) is 0 Å². The average molecular weight is 295 g/mol. The standard InChI is InChI=1S/C16H23ClN2O/c17-15-3-1-13(2-4-15)16(14-5-11-20-12-6-14)19-9-7-18-8-10-19/h1-4,14,16,18H,5-12H2/t16-/m0/s1. The Kier molecular flexibility index (Phi) is 4.94. The van der Waals surface area contributed by atoms with Crippen LogP contribution in [0.2, 0.25) is 5.02 Å². The summed E-state index contributed by atoms with van der Waals surface area (Å²) in [6.07, 6.45) is 2.33. The molecule has 0 radical (unpaired) electrons. The van der Waals surface area contributed by atoms with Gasteiger partial charge in [0.1, 0.15) is 0 Å². The lowest BCUT2D eigenvalue weighted by Crippen LogP contribution is -2.47. The van der Waals surface area contributed by atoms with Gasteiger partial charge < -0.3 is 10.1 Å². The molecule has 1 aromatic rings. The van der Waals surface area contributed by atoms with Gasteiger partial charge in [0.05, 0.1) is 0 Å². The highest BCUT2D eigenvalue weighted by Gasteiger charge is 2.31. The van der Waals surface area contributed by atoms with E-state index in [0.29, 0.717) is 12.0 Å². The van der Waals surface area contributed by atoms with Crippen molar-refractivity contribution in [2.24, 2.45) is 5.92 Å². The SMILES string of the molecule is Clc1ccc([C@@H](C2CCOCC2)N2CCNCC2)cc1. The van der Waals surface area contributed by atoms with Crippen LogP contribution in [0.5, 0.6) is 0 Å². The van der Waals surface area contributed by atoms with Crippen LogP contribution in [0.25, 0.3) is 0 Å². The first-order valence-electron chi connectivity index (χ1n) is 7.62. The fourth-order valence-corrected chi connectivity index (χ4v) is 3.56. The summed E-state index contributed by atoms with van der Waals surface area (Å²) in [5.41, 5.74) is 1.41. The predicted octanol–water partition coefficient (Wildman–Crippen LogP) is 2.71. The normalized spacial score (nSPS) is 23.6. The molecule has 2 fully saturated rings. The highest BCUT2D eigenvalue weighted by Crippen LogP contribution is 2.35. The maximum Gasteiger partial charge on any atom is 0.0469 e. The van der Waals surface area contributed by atoms with Crippen molar-refractivity contribution in [1.29, 1.82) is 0 Å². The second-order valence-electron chi connectivity index (χ2n) is 5.73.